The maximum absolute atomic E-state index is 5.17. The molecule has 0 saturated heterocycles. The molecule has 0 bridgehead atoms. The maximum atomic E-state index is 5.17. The molecule has 0 fully saturated rings. The number of nitrogens with one attached hydrogen (secondary N) is 4. The molecule has 0 saturated carbocycles. The minimum atomic E-state index is 0. The molecule has 0 aromatic heterocycles. The first-order valence-corrected chi connectivity index (χ1v) is 60.3. The number of rotatable bonds is 96. The third-order valence-electron chi connectivity index (χ3n) is 27.1. The van der Waals surface area contributed by atoms with E-state index < -0.39 is 0 Å². The van der Waals surface area contributed by atoms with E-state index in [0.29, 0.717) is 17.3 Å². The fraction of sp³-hybridized carbons (Fsp3) is 0.963. The Morgan fingerprint density at radius 1 is 0.160 bits per heavy atom. The predicted molar refractivity (Wildman–Crippen MR) is 598 cm³/mol. The van der Waals surface area contributed by atoms with Gasteiger partial charge in [-0.25, -0.2) is 0 Å². The molecule has 0 aliphatic carbocycles. The van der Waals surface area contributed by atoms with Crippen molar-refractivity contribution in [3.8, 4) is 0 Å². The van der Waals surface area contributed by atoms with Crippen molar-refractivity contribution in [1.29, 1.82) is 0 Å². The van der Waals surface area contributed by atoms with Crippen LogP contribution in [0.5, 0.6) is 0 Å². The van der Waals surface area contributed by atoms with Gasteiger partial charge in [0.15, 0.2) is 0 Å². The molecule has 0 amide bonds. The van der Waals surface area contributed by atoms with Crippen LogP contribution in [0, 0.1) is 23.7 Å². The van der Waals surface area contributed by atoms with E-state index in [-0.39, 0.29) is 21.1 Å². The molecule has 0 aliphatic rings. The minimum absolute atomic E-state index is 0. The Labute approximate surface area is 867 Å². The maximum Gasteiger partial charge on any atom is 4.00 e. The van der Waals surface area contributed by atoms with Crippen LogP contribution in [0.15, 0.2) is 0 Å². The summed E-state index contributed by atoms with van der Waals surface area (Å²) in [5.41, 5.74) is 0. The molecule has 0 radical (unpaired) electrons. The van der Waals surface area contributed by atoms with Crippen molar-refractivity contribution in [2.75, 3.05) is 26.2 Å². The Kier molecular flexibility index (Phi) is 129. The first kappa shape index (κ1) is 137. The molecule has 125 heavy (non-hydrogen) atoms. The van der Waals surface area contributed by atoms with E-state index >= 15 is 0 Å². The topological polar surface area (TPSA) is 17.8 Å². The van der Waals surface area contributed by atoms with Crippen LogP contribution in [0.4, 0.5) is 0 Å². The molecule has 0 heterocycles. The Bertz CT molecular complexity index is 1790. The van der Waals surface area contributed by atoms with Crippen LogP contribution in [-0.2, 0) is 123 Å². The van der Waals surface area contributed by atoms with Crippen molar-refractivity contribution in [2.45, 2.75) is 620 Å². The zero-order valence-corrected chi connectivity index (χ0v) is 96.5. The van der Waals surface area contributed by atoms with Crippen LogP contribution < -0.4 is 17.2 Å². The molecular weight excluding hydrogens is 1830 g/mol. The van der Waals surface area contributed by atoms with Crippen molar-refractivity contribution >= 4 is 168 Å². The summed E-state index contributed by atoms with van der Waals surface area (Å²) < 4.78 is 5.30. The molecule has 17 heteroatoms. The third-order valence-corrected chi connectivity index (χ3v) is 31.8. The molecule has 4 N–H and O–H groups in total. The van der Waals surface area contributed by atoms with Gasteiger partial charge < -0.3 is 168 Å². The summed E-state index contributed by atoms with van der Waals surface area (Å²) in [6, 6.07) is 0. The summed E-state index contributed by atoms with van der Waals surface area (Å²) in [6.07, 6.45) is 125. The van der Waals surface area contributed by atoms with Gasteiger partial charge in [-0.2, -0.15) is 0 Å². The summed E-state index contributed by atoms with van der Waals surface area (Å²) in [5, 5.41) is 0. The van der Waals surface area contributed by atoms with Crippen LogP contribution in [0.3, 0.4) is 0 Å². The SMILES string of the molecule is CCCCC(CC)CCCCCCCCCCCCCCCCCCC[NH+]([S-])C(=S)[S-].CCCCC(CC)CCCCCCCCCCCCCCCCCCC[NH+]([S-])C(=S)[S-].CCCCC(CC)CCCCCCCCCCCCCCCCCCC[NH+]([S-])C(=S)[S-].CCCCC(CC)CCCCCCCCCCCCCCCCCCC[NH+]([S-])C(=S)[S-].[Mo+4]. The van der Waals surface area contributed by atoms with Crippen molar-refractivity contribution < 1.29 is 38.3 Å². The van der Waals surface area contributed by atoms with Crippen LogP contribution in [0.25, 0.3) is 0 Å². The van der Waals surface area contributed by atoms with Gasteiger partial charge in [-0.15, -0.1) is 0 Å². The monoisotopic (exact) mass is 2050 g/mol. The second-order valence-electron chi connectivity index (χ2n) is 38.7. The van der Waals surface area contributed by atoms with Crippen molar-refractivity contribution in [3.63, 3.8) is 0 Å². The van der Waals surface area contributed by atoms with E-state index in [2.05, 4.69) is 55.4 Å². The molecule has 0 rings (SSSR count). The van der Waals surface area contributed by atoms with Crippen molar-refractivity contribution in [1.82, 2.24) is 0 Å². The average molecular weight is 2050 g/mol. The molecule has 746 valence electrons. The van der Waals surface area contributed by atoms with Gasteiger partial charge in [0.05, 0.1) is 26.2 Å². The molecule has 8 unspecified atom stereocenters. The van der Waals surface area contributed by atoms with E-state index in [0.717, 1.165) is 92.8 Å². The van der Waals surface area contributed by atoms with Gasteiger partial charge in [0, 0.05) is 17.3 Å². The van der Waals surface area contributed by atoms with Crippen LogP contribution in [0.1, 0.15) is 620 Å². The van der Waals surface area contributed by atoms with Gasteiger partial charge in [-0.3, -0.25) is 0 Å². The largest absolute Gasteiger partial charge is 4.00 e. The Morgan fingerprint density at radius 2 is 0.248 bits per heavy atom. The first-order chi connectivity index (χ1) is 60.5. The van der Waals surface area contributed by atoms with Crippen LogP contribution >= 0.6 is 48.9 Å². The van der Waals surface area contributed by atoms with E-state index in [9.17, 15) is 0 Å². The van der Waals surface area contributed by atoms with Crippen LogP contribution in [0.2, 0.25) is 0 Å². The number of hydrogen-bond acceptors (Lipinski definition) is 12. The molecular formula is C108H216MoN4S12. The molecule has 0 aliphatic heterocycles. The summed E-state index contributed by atoms with van der Waals surface area (Å²) >= 11 is 60.1. The molecule has 4 nitrogen and oxygen atoms in total. The molecule has 0 aromatic rings. The zero-order chi connectivity index (χ0) is 92.0. The molecule has 0 aromatic carbocycles. The third kappa shape index (κ3) is 116. The summed E-state index contributed by atoms with van der Waals surface area (Å²) in [5.74, 6) is 4.02. The second kappa shape index (κ2) is 118. The molecule has 0 spiro atoms. The normalized spacial score (nSPS) is 13.3. The summed E-state index contributed by atoms with van der Waals surface area (Å²) in [4.78, 5) is 0. The standard InChI is InChI=1S/4C27H55NS3.Mo/c4*1-3-5-23-26(4-2)24-21-19-17-15-13-11-9-7-6-8-10-12-14-16-18-20-22-25-28(31)27(29)30;/h4*26,28H,3-25H2,1-2H3,(H,29,30);/q;;;;+4/p-4. The van der Waals surface area contributed by atoms with Gasteiger partial charge >= 0.3 is 21.1 Å². The van der Waals surface area contributed by atoms with Gasteiger partial charge in [-0.05, 0) is 75.0 Å². The van der Waals surface area contributed by atoms with Gasteiger partial charge in [0.1, 0.15) is 0 Å². The van der Waals surface area contributed by atoms with E-state index in [1.54, 1.807) is 0 Å². The summed E-state index contributed by atoms with van der Waals surface area (Å²) in [6.45, 7) is 22.5. The van der Waals surface area contributed by atoms with Gasteiger partial charge in [0.2, 0.25) is 0 Å². The van der Waals surface area contributed by atoms with Crippen molar-refractivity contribution in [2.24, 2.45) is 23.7 Å². The van der Waals surface area contributed by atoms with Gasteiger partial charge in [0.25, 0.3) is 0 Å². The van der Waals surface area contributed by atoms with Crippen molar-refractivity contribution in [3.05, 3.63) is 0 Å². The number of hydrogen-bond donors (Lipinski definition) is 4. The Morgan fingerprint density at radius 3 is 0.336 bits per heavy atom. The zero-order valence-electron chi connectivity index (χ0n) is 84.7. The van der Waals surface area contributed by atoms with E-state index in [1.807, 2.05) is 0 Å². The summed E-state index contributed by atoms with van der Waals surface area (Å²) in [7, 11) is 0. The Hall–Kier alpha value is 3.17. The smallest absolute Gasteiger partial charge is 0.491 e. The van der Waals surface area contributed by atoms with E-state index in [1.165, 1.54) is 539 Å². The number of unbranched alkanes of at least 4 members (excludes halogenated alkanes) is 68. The minimum Gasteiger partial charge on any atom is -0.491 e. The molecule has 8 atom stereocenters. The first-order valence-electron chi connectivity index (χ1n) is 55.4. The second-order valence-corrected chi connectivity index (χ2v) is 45.0. The quantitative estimate of drug-likeness (QED) is 0.0201. The predicted octanol–water partition coefficient (Wildman–Crippen LogP) is 33.6. The van der Waals surface area contributed by atoms with E-state index in [4.69, 9.17) is 151 Å². The van der Waals surface area contributed by atoms with Gasteiger partial charge in [-0.1, -0.05) is 569 Å². The number of quaternary nitrogens is 4. The Balaban J connectivity index is -0.000000511. The number of thiocarbonyl (C=S) groups is 4. The fourth-order valence-electron chi connectivity index (χ4n) is 18.1. The van der Waals surface area contributed by atoms with Crippen LogP contribution in [-0.4, -0.2) is 43.5 Å². The fourth-order valence-corrected chi connectivity index (χ4v) is 19.5. The average Bonchev–Trinajstić information content (AvgIpc) is 1.04.